The zero-order chi connectivity index (χ0) is 16.9. The van der Waals surface area contributed by atoms with Gasteiger partial charge in [-0.15, -0.1) is 0 Å². The Kier molecular flexibility index (Phi) is 6.02. The molecular formula is C18H27NO4. The van der Waals surface area contributed by atoms with Gasteiger partial charge in [-0.25, -0.2) is 4.79 Å². The summed E-state index contributed by atoms with van der Waals surface area (Å²) >= 11 is 0. The molecule has 0 spiro atoms. The second-order valence-corrected chi connectivity index (χ2v) is 6.99. The summed E-state index contributed by atoms with van der Waals surface area (Å²) in [5.74, 6) is 0.135. The quantitative estimate of drug-likeness (QED) is 0.906. The number of hydrogen-bond donors (Lipinski definition) is 1. The summed E-state index contributed by atoms with van der Waals surface area (Å²) in [6, 6.07) is 9.96. The van der Waals surface area contributed by atoms with Crippen molar-refractivity contribution in [1.29, 1.82) is 0 Å². The van der Waals surface area contributed by atoms with Crippen LogP contribution < -0.4 is 0 Å². The SMILES string of the molecule is CC(C)(C)OC(=O)N1C[C@@H](CCO)[C@H](OCc2ccccc2)C1. The van der Waals surface area contributed by atoms with Crippen molar-refractivity contribution < 1.29 is 19.4 Å². The van der Waals surface area contributed by atoms with Gasteiger partial charge in [-0.2, -0.15) is 0 Å². The molecule has 128 valence electrons. The number of benzene rings is 1. The summed E-state index contributed by atoms with van der Waals surface area (Å²) in [7, 11) is 0. The minimum atomic E-state index is -0.507. The molecule has 1 aromatic rings. The summed E-state index contributed by atoms with van der Waals surface area (Å²) in [6.45, 7) is 7.25. The maximum absolute atomic E-state index is 12.2. The maximum atomic E-state index is 12.2. The van der Waals surface area contributed by atoms with Crippen molar-refractivity contribution >= 4 is 6.09 Å². The van der Waals surface area contributed by atoms with Crippen LogP contribution in [0.15, 0.2) is 30.3 Å². The molecule has 23 heavy (non-hydrogen) atoms. The van der Waals surface area contributed by atoms with Crippen LogP contribution in [-0.2, 0) is 16.1 Å². The number of aliphatic hydroxyl groups is 1. The maximum Gasteiger partial charge on any atom is 0.410 e. The summed E-state index contributed by atoms with van der Waals surface area (Å²) in [6.07, 6.45) is 0.236. The zero-order valence-corrected chi connectivity index (χ0v) is 14.2. The highest BCUT2D eigenvalue weighted by molar-refractivity contribution is 5.68. The lowest BCUT2D eigenvalue weighted by Gasteiger charge is -2.24. The Bertz CT molecular complexity index is 497. The summed E-state index contributed by atoms with van der Waals surface area (Å²) in [5, 5.41) is 9.25. The van der Waals surface area contributed by atoms with Crippen molar-refractivity contribution in [3.05, 3.63) is 35.9 Å². The van der Waals surface area contributed by atoms with E-state index in [2.05, 4.69) is 0 Å². The van der Waals surface area contributed by atoms with E-state index < -0.39 is 5.60 Å². The minimum Gasteiger partial charge on any atom is -0.444 e. The van der Waals surface area contributed by atoms with Gasteiger partial charge in [-0.1, -0.05) is 30.3 Å². The first-order valence-electron chi connectivity index (χ1n) is 8.13. The van der Waals surface area contributed by atoms with Crippen molar-refractivity contribution in [3.63, 3.8) is 0 Å². The largest absolute Gasteiger partial charge is 0.444 e. The first kappa shape index (κ1) is 17.8. The molecular weight excluding hydrogens is 294 g/mol. The number of carbonyl (C=O) groups is 1. The van der Waals surface area contributed by atoms with E-state index in [1.165, 1.54) is 0 Å². The molecule has 0 aliphatic carbocycles. The van der Waals surface area contributed by atoms with Crippen LogP contribution in [0.25, 0.3) is 0 Å². The average Bonchev–Trinajstić information content (AvgIpc) is 2.88. The number of likely N-dealkylation sites (tertiary alicyclic amines) is 1. The van der Waals surface area contributed by atoms with E-state index in [0.717, 1.165) is 5.56 Å². The molecule has 1 heterocycles. The first-order valence-corrected chi connectivity index (χ1v) is 8.13. The summed E-state index contributed by atoms with van der Waals surface area (Å²) in [5.41, 5.74) is 0.595. The standard InChI is InChI=1S/C18H27NO4/c1-18(2,3)23-17(21)19-11-15(9-10-20)16(12-19)22-13-14-7-5-4-6-8-14/h4-8,15-16,20H,9-13H2,1-3H3/t15-,16-/m1/s1. The van der Waals surface area contributed by atoms with Crippen molar-refractivity contribution in [3.8, 4) is 0 Å². The topological polar surface area (TPSA) is 59.0 Å². The first-order chi connectivity index (χ1) is 10.9. The Labute approximate surface area is 138 Å². The van der Waals surface area contributed by atoms with Gasteiger partial charge in [0.1, 0.15) is 5.60 Å². The van der Waals surface area contributed by atoms with Crippen LogP contribution in [0.5, 0.6) is 0 Å². The average molecular weight is 321 g/mol. The highest BCUT2D eigenvalue weighted by Crippen LogP contribution is 2.25. The molecule has 5 heteroatoms. The molecule has 2 atom stereocenters. The molecule has 2 rings (SSSR count). The number of amides is 1. The molecule has 1 fully saturated rings. The van der Waals surface area contributed by atoms with E-state index in [1.54, 1.807) is 4.90 Å². The van der Waals surface area contributed by atoms with E-state index in [9.17, 15) is 9.90 Å². The predicted molar refractivity (Wildman–Crippen MR) is 88.0 cm³/mol. The van der Waals surface area contributed by atoms with Gasteiger partial charge in [0.15, 0.2) is 0 Å². The van der Waals surface area contributed by atoms with E-state index in [4.69, 9.17) is 9.47 Å². The van der Waals surface area contributed by atoms with E-state index in [1.807, 2.05) is 51.1 Å². The molecule has 1 aliphatic heterocycles. The predicted octanol–water partition coefficient (Wildman–Crippen LogP) is 2.82. The normalized spacial score (nSPS) is 21.5. The monoisotopic (exact) mass is 321 g/mol. The lowest BCUT2D eigenvalue weighted by Crippen LogP contribution is -2.36. The van der Waals surface area contributed by atoms with Gasteiger partial charge >= 0.3 is 6.09 Å². The molecule has 0 unspecified atom stereocenters. The lowest BCUT2D eigenvalue weighted by molar-refractivity contribution is 0.00964. The molecule has 1 N–H and O–H groups in total. The van der Waals surface area contributed by atoms with Crippen LogP contribution in [-0.4, -0.2) is 47.5 Å². The van der Waals surface area contributed by atoms with Gasteiger partial charge in [-0.05, 0) is 32.8 Å². The van der Waals surface area contributed by atoms with E-state index in [0.29, 0.717) is 26.1 Å². The second kappa shape index (κ2) is 7.79. The Morgan fingerprint density at radius 2 is 1.96 bits per heavy atom. The zero-order valence-electron chi connectivity index (χ0n) is 14.2. The van der Waals surface area contributed by atoms with Crippen LogP contribution in [0, 0.1) is 5.92 Å². The third kappa shape index (κ3) is 5.52. The number of carbonyl (C=O) groups excluding carboxylic acids is 1. The van der Waals surface area contributed by atoms with Crippen molar-refractivity contribution in [2.24, 2.45) is 5.92 Å². The third-order valence-corrected chi connectivity index (χ3v) is 3.84. The molecule has 1 amide bonds. The van der Waals surface area contributed by atoms with Crippen LogP contribution in [0.2, 0.25) is 0 Å². The Hall–Kier alpha value is -1.59. The minimum absolute atomic E-state index is 0.0742. The van der Waals surface area contributed by atoms with Gasteiger partial charge in [0.05, 0.1) is 19.3 Å². The number of hydrogen-bond acceptors (Lipinski definition) is 4. The Balaban J connectivity index is 1.93. The molecule has 0 bridgehead atoms. The molecule has 0 radical (unpaired) electrons. The fourth-order valence-electron chi connectivity index (χ4n) is 2.73. The number of nitrogens with zero attached hydrogens (tertiary/aromatic N) is 1. The lowest BCUT2D eigenvalue weighted by atomic mass is 10.0. The van der Waals surface area contributed by atoms with Crippen LogP contribution in [0.4, 0.5) is 4.79 Å². The highest BCUT2D eigenvalue weighted by atomic mass is 16.6. The third-order valence-electron chi connectivity index (χ3n) is 3.84. The van der Waals surface area contributed by atoms with Crippen molar-refractivity contribution in [1.82, 2.24) is 4.90 Å². The van der Waals surface area contributed by atoms with Crippen LogP contribution >= 0.6 is 0 Å². The number of aliphatic hydroxyl groups excluding tert-OH is 1. The van der Waals surface area contributed by atoms with Gasteiger partial charge in [0, 0.05) is 19.1 Å². The van der Waals surface area contributed by atoms with E-state index in [-0.39, 0.29) is 24.7 Å². The van der Waals surface area contributed by atoms with Crippen molar-refractivity contribution in [2.75, 3.05) is 19.7 Å². The van der Waals surface area contributed by atoms with Crippen LogP contribution in [0.1, 0.15) is 32.8 Å². The summed E-state index contributed by atoms with van der Waals surface area (Å²) < 4.78 is 11.4. The molecule has 0 saturated carbocycles. The molecule has 0 aromatic heterocycles. The van der Waals surface area contributed by atoms with Crippen LogP contribution in [0.3, 0.4) is 0 Å². The molecule has 5 nitrogen and oxygen atoms in total. The van der Waals surface area contributed by atoms with Gasteiger partial charge in [0.2, 0.25) is 0 Å². The summed E-state index contributed by atoms with van der Waals surface area (Å²) in [4.78, 5) is 13.9. The highest BCUT2D eigenvalue weighted by Gasteiger charge is 2.37. The smallest absolute Gasteiger partial charge is 0.410 e. The molecule has 1 aromatic carbocycles. The Morgan fingerprint density at radius 1 is 1.26 bits per heavy atom. The fourth-order valence-corrected chi connectivity index (χ4v) is 2.73. The molecule has 1 saturated heterocycles. The van der Waals surface area contributed by atoms with Crippen molar-refractivity contribution in [2.45, 2.75) is 45.5 Å². The Morgan fingerprint density at radius 3 is 2.57 bits per heavy atom. The fraction of sp³-hybridized carbons (Fsp3) is 0.611. The number of ether oxygens (including phenoxy) is 2. The van der Waals surface area contributed by atoms with Gasteiger partial charge in [0.25, 0.3) is 0 Å². The number of rotatable bonds is 5. The van der Waals surface area contributed by atoms with Gasteiger partial charge in [-0.3, -0.25) is 0 Å². The second-order valence-electron chi connectivity index (χ2n) is 6.99. The molecule has 1 aliphatic rings. The van der Waals surface area contributed by atoms with Gasteiger partial charge < -0.3 is 19.5 Å². The van der Waals surface area contributed by atoms with E-state index >= 15 is 0 Å².